The molecule has 3 heteroatoms. The number of hydrogen-bond acceptors (Lipinski definition) is 3. The Morgan fingerprint density at radius 1 is 1.53 bits per heavy atom. The Bertz CT molecular complexity index is 406. The smallest absolute Gasteiger partial charge is 0.159 e. The van der Waals surface area contributed by atoms with Gasteiger partial charge in [-0.05, 0) is 50.7 Å². The van der Waals surface area contributed by atoms with Crippen molar-refractivity contribution in [2.45, 2.75) is 50.7 Å². The highest BCUT2D eigenvalue weighted by molar-refractivity contribution is 5.95. The molecule has 0 aliphatic heterocycles. The SMILES string of the molecule is C=C(C)C1CCC(C)(O)C2=CC(=O)CC2(O)C1. The maximum absolute atomic E-state index is 11.5. The lowest BCUT2D eigenvalue weighted by atomic mass is 9.81. The largest absolute Gasteiger partial charge is 0.386 e. The molecular weight excluding hydrogens is 216 g/mol. The fourth-order valence-electron chi connectivity index (χ4n) is 3.09. The van der Waals surface area contributed by atoms with Crippen LogP contribution in [0.3, 0.4) is 0 Å². The van der Waals surface area contributed by atoms with Crippen molar-refractivity contribution >= 4 is 5.78 Å². The van der Waals surface area contributed by atoms with Gasteiger partial charge in [0.05, 0.1) is 11.2 Å². The van der Waals surface area contributed by atoms with Crippen molar-refractivity contribution in [2.24, 2.45) is 5.92 Å². The molecule has 1 fully saturated rings. The van der Waals surface area contributed by atoms with E-state index in [0.29, 0.717) is 18.4 Å². The zero-order valence-corrected chi connectivity index (χ0v) is 10.5. The summed E-state index contributed by atoms with van der Waals surface area (Å²) in [5, 5.41) is 21.0. The molecule has 0 saturated heterocycles. The van der Waals surface area contributed by atoms with Crippen LogP contribution >= 0.6 is 0 Å². The molecule has 0 radical (unpaired) electrons. The first-order valence-electron chi connectivity index (χ1n) is 6.10. The van der Waals surface area contributed by atoms with Gasteiger partial charge in [-0.2, -0.15) is 0 Å². The number of rotatable bonds is 1. The molecule has 3 atom stereocenters. The molecule has 0 bridgehead atoms. The molecule has 17 heavy (non-hydrogen) atoms. The molecule has 0 aromatic carbocycles. The summed E-state index contributed by atoms with van der Waals surface area (Å²) in [6.07, 6.45) is 3.39. The van der Waals surface area contributed by atoms with E-state index in [-0.39, 0.29) is 18.1 Å². The van der Waals surface area contributed by atoms with Crippen LogP contribution in [0.5, 0.6) is 0 Å². The number of fused-ring (bicyclic) bond motifs is 1. The van der Waals surface area contributed by atoms with Crippen LogP contribution in [0, 0.1) is 5.92 Å². The zero-order chi connectivity index (χ0) is 12.8. The van der Waals surface area contributed by atoms with Crippen molar-refractivity contribution < 1.29 is 15.0 Å². The number of ketones is 1. The van der Waals surface area contributed by atoms with E-state index >= 15 is 0 Å². The third-order valence-corrected chi connectivity index (χ3v) is 4.11. The van der Waals surface area contributed by atoms with Gasteiger partial charge >= 0.3 is 0 Å². The van der Waals surface area contributed by atoms with Gasteiger partial charge in [-0.3, -0.25) is 4.79 Å². The van der Waals surface area contributed by atoms with Crippen molar-refractivity contribution in [3.8, 4) is 0 Å². The lowest BCUT2D eigenvalue weighted by Crippen LogP contribution is -2.39. The molecule has 3 nitrogen and oxygen atoms in total. The molecule has 94 valence electrons. The molecule has 2 rings (SSSR count). The summed E-state index contributed by atoms with van der Waals surface area (Å²) in [6, 6.07) is 0. The van der Waals surface area contributed by atoms with Gasteiger partial charge in [0.25, 0.3) is 0 Å². The maximum atomic E-state index is 11.5. The Morgan fingerprint density at radius 3 is 2.76 bits per heavy atom. The van der Waals surface area contributed by atoms with E-state index < -0.39 is 11.2 Å². The van der Waals surface area contributed by atoms with Gasteiger partial charge in [-0.1, -0.05) is 12.2 Å². The van der Waals surface area contributed by atoms with Gasteiger partial charge < -0.3 is 10.2 Å². The monoisotopic (exact) mass is 236 g/mol. The second-order valence-electron chi connectivity index (χ2n) is 5.79. The van der Waals surface area contributed by atoms with Gasteiger partial charge in [0.1, 0.15) is 0 Å². The fourth-order valence-corrected chi connectivity index (χ4v) is 3.09. The highest BCUT2D eigenvalue weighted by atomic mass is 16.3. The Hall–Kier alpha value is -0.930. The van der Waals surface area contributed by atoms with Gasteiger partial charge in [-0.25, -0.2) is 0 Å². The molecule has 0 aromatic heterocycles. The summed E-state index contributed by atoms with van der Waals surface area (Å²) < 4.78 is 0. The third-order valence-electron chi connectivity index (χ3n) is 4.11. The van der Waals surface area contributed by atoms with E-state index in [1.54, 1.807) is 6.92 Å². The maximum Gasteiger partial charge on any atom is 0.159 e. The Morgan fingerprint density at radius 2 is 2.18 bits per heavy atom. The second-order valence-corrected chi connectivity index (χ2v) is 5.79. The summed E-state index contributed by atoms with van der Waals surface area (Å²) >= 11 is 0. The van der Waals surface area contributed by atoms with Gasteiger partial charge in [0.15, 0.2) is 5.78 Å². The first-order chi connectivity index (χ1) is 7.74. The van der Waals surface area contributed by atoms with E-state index in [2.05, 4.69) is 6.58 Å². The Balaban J connectivity index is 2.41. The number of allylic oxidation sites excluding steroid dienone is 2. The normalized spacial score (nSPS) is 41.8. The van der Waals surface area contributed by atoms with Crippen LogP contribution in [0.25, 0.3) is 0 Å². The first kappa shape index (κ1) is 12.5. The summed E-state index contributed by atoms with van der Waals surface area (Å²) in [7, 11) is 0. The summed E-state index contributed by atoms with van der Waals surface area (Å²) in [4.78, 5) is 11.5. The summed E-state index contributed by atoms with van der Waals surface area (Å²) in [6.45, 7) is 7.56. The van der Waals surface area contributed by atoms with Crippen LogP contribution in [0.1, 0.15) is 39.5 Å². The number of hydrogen-bond donors (Lipinski definition) is 2. The Labute approximate surface area is 102 Å². The molecule has 2 aliphatic rings. The number of carbonyl (C=O) groups is 1. The topological polar surface area (TPSA) is 57.5 Å². The van der Waals surface area contributed by atoms with Crippen molar-refractivity contribution in [3.05, 3.63) is 23.8 Å². The van der Waals surface area contributed by atoms with E-state index in [0.717, 1.165) is 12.0 Å². The molecule has 0 heterocycles. The van der Waals surface area contributed by atoms with Crippen LogP contribution in [-0.4, -0.2) is 27.2 Å². The van der Waals surface area contributed by atoms with Crippen LogP contribution < -0.4 is 0 Å². The third kappa shape index (κ3) is 2.09. The number of aliphatic hydroxyl groups is 2. The average molecular weight is 236 g/mol. The molecule has 2 aliphatic carbocycles. The quantitative estimate of drug-likeness (QED) is 0.682. The van der Waals surface area contributed by atoms with Crippen molar-refractivity contribution in [1.82, 2.24) is 0 Å². The summed E-state index contributed by atoms with van der Waals surface area (Å²) in [5.41, 5.74) is -0.736. The van der Waals surface area contributed by atoms with Crippen LogP contribution in [0.15, 0.2) is 23.8 Å². The van der Waals surface area contributed by atoms with Crippen molar-refractivity contribution in [1.29, 1.82) is 0 Å². The highest BCUT2D eigenvalue weighted by Crippen LogP contribution is 2.47. The van der Waals surface area contributed by atoms with E-state index in [1.807, 2.05) is 6.92 Å². The standard InChI is InChI=1S/C14H20O3/c1-9(2)10-4-5-13(3,16)12-6-11(15)8-14(12,17)7-10/h6,10,16-17H,1,4-5,7-8H2,2-3H3. The van der Waals surface area contributed by atoms with Crippen LogP contribution in [-0.2, 0) is 4.79 Å². The highest BCUT2D eigenvalue weighted by Gasteiger charge is 2.50. The van der Waals surface area contributed by atoms with Crippen LogP contribution in [0.2, 0.25) is 0 Å². The van der Waals surface area contributed by atoms with Crippen molar-refractivity contribution in [3.63, 3.8) is 0 Å². The molecule has 0 aromatic rings. The minimum atomic E-state index is -1.17. The zero-order valence-electron chi connectivity index (χ0n) is 10.5. The minimum absolute atomic E-state index is 0.0925. The molecule has 0 amide bonds. The summed E-state index contributed by atoms with van der Waals surface area (Å²) in [5.74, 6) is 0.0772. The average Bonchev–Trinajstić information content (AvgIpc) is 2.44. The van der Waals surface area contributed by atoms with E-state index in [1.165, 1.54) is 6.08 Å². The Kier molecular flexibility index (Phi) is 2.79. The van der Waals surface area contributed by atoms with E-state index in [9.17, 15) is 15.0 Å². The molecule has 0 spiro atoms. The van der Waals surface area contributed by atoms with E-state index in [4.69, 9.17) is 0 Å². The first-order valence-corrected chi connectivity index (χ1v) is 6.10. The van der Waals surface area contributed by atoms with Crippen molar-refractivity contribution in [2.75, 3.05) is 0 Å². The van der Waals surface area contributed by atoms with Gasteiger partial charge in [0, 0.05) is 6.42 Å². The molecule has 2 N–H and O–H groups in total. The predicted octanol–water partition coefficient (Wildman–Crippen LogP) is 1.74. The predicted molar refractivity (Wildman–Crippen MR) is 65.4 cm³/mol. The fraction of sp³-hybridized carbons (Fsp3) is 0.643. The minimum Gasteiger partial charge on any atom is -0.386 e. The molecule has 3 unspecified atom stereocenters. The van der Waals surface area contributed by atoms with Crippen LogP contribution in [0.4, 0.5) is 0 Å². The van der Waals surface area contributed by atoms with Gasteiger partial charge in [0.2, 0.25) is 0 Å². The molecular formula is C14H20O3. The molecule has 1 saturated carbocycles. The number of carbonyl (C=O) groups excluding carboxylic acids is 1. The second kappa shape index (κ2) is 3.79. The lowest BCUT2D eigenvalue weighted by molar-refractivity contribution is -0.116. The lowest BCUT2D eigenvalue weighted by Gasteiger charge is -2.32. The van der Waals surface area contributed by atoms with Gasteiger partial charge in [-0.15, -0.1) is 0 Å².